The van der Waals surface area contributed by atoms with E-state index in [1.807, 2.05) is 30.3 Å². The Labute approximate surface area is 134 Å². The van der Waals surface area contributed by atoms with Crippen LogP contribution in [-0.2, 0) is 9.53 Å². The van der Waals surface area contributed by atoms with Crippen LogP contribution >= 0.6 is 0 Å². The average molecular weight is 317 g/mol. The number of benzene rings is 1. The molecule has 122 valence electrons. The van der Waals surface area contributed by atoms with Crippen molar-refractivity contribution >= 4 is 17.7 Å². The van der Waals surface area contributed by atoms with Crippen molar-refractivity contribution in [1.82, 2.24) is 10.5 Å². The van der Waals surface area contributed by atoms with Crippen LogP contribution in [0.5, 0.6) is 0 Å². The highest BCUT2D eigenvalue weighted by molar-refractivity contribution is 5.96. The van der Waals surface area contributed by atoms with Gasteiger partial charge in [-0.15, -0.1) is 0 Å². The van der Waals surface area contributed by atoms with Gasteiger partial charge in [-0.05, 0) is 20.8 Å². The molecule has 0 aliphatic rings. The molecule has 0 bridgehead atoms. The fourth-order valence-corrected chi connectivity index (χ4v) is 1.79. The van der Waals surface area contributed by atoms with Crippen LogP contribution in [0.2, 0.25) is 0 Å². The van der Waals surface area contributed by atoms with Gasteiger partial charge in [0.1, 0.15) is 29.8 Å². The maximum Gasteiger partial charge on any atom is 0.408 e. The fourth-order valence-electron chi connectivity index (χ4n) is 1.79. The third-order valence-corrected chi connectivity index (χ3v) is 2.68. The molecule has 23 heavy (non-hydrogen) atoms. The summed E-state index contributed by atoms with van der Waals surface area (Å²) >= 11 is 0. The highest BCUT2D eigenvalue weighted by Crippen LogP contribution is 2.25. The Morgan fingerprint density at radius 2 is 1.91 bits per heavy atom. The first-order valence-corrected chi connectivity index (χ1v) is 7.11. The molecule has 0 aliphatic heterocycles. The molecule has 2 N–H and O–H groups in total. The standard InChI is InChI=1S/C16H19N3O4/c1-16(2,3)23-15(21)17-9-13(20)18-12-10-22-19-14(12)11-7-5-4-6-8-11/h4-8,10H,9H2,1-3H3,(H,17,21)(H,18,20). The lowest BCUT2D eigenvalue weighted by molar-refractivity contribution is -0.115. The van der Waals surface area contributed by atoms with Crippen molar-refractivity contribution in [2.24, 2.45) is 0 Å². The minimum atomic E-state index is -0.652. The number of alkyl carbamates (subject to hydrolysis) is 1. The summed E-state index contributed by atoms with van der Waals surface area (Å²) in [6, 6.07) is 9.31. The summed E-state index contributed by atoms with van der Waals surface area (Å²) in [7, 11) is 0. The SMILES string of the molecule is CC(C)(C)OC(=O)NCC(=O)Nc1conc1-c1ccccc1. The summed E-state index contributed by atoms with van der Waals surface area (Å²) in [4.78, 5) is 23.4. The lowest BCUT2D eigenvalue weighted by Crippen LogP contribution is -2.37. The number of nitrogens with zero attached hydrogens (tertiary/aromatic N) is 1. The Balaban J connectivity index is 1.92. The molecule has 1 aromatic carbocycles. The fraction of sp³-hybridized carbons (Fsp3) is 0.312. The largest absolute Gasteiger partial charge is 0.444 e. The molecule has 7 heteroatoms. The van der Waals surface area contributed by atoms with Crippen molar-refractivity contribution < 1.29 is 18.8 Å². The van der Waals surface area contributed by atoms with E-state index < -0.39 is 17.6 Å². The highest BCUT2D eigenvalue weighted by Gasteiger charge is 2.17. The third-order valence-electron chi connectivity index (χ3n) is 2.68. The van der Waals surface area contributed by atoms with Gasteiger partial charge in [-0.1, -0.05) is 35.5 Å². The van der Waals surface area contributed by atoms with E-state index in [1.165, 1.54) is 6.26 Å². The molecule has 2 amide bonds. The zero-order valence-corrected chi connectivity index (χ0v) is 13.3. The van der Waals surface area contributed by atoms with E-state index in [-0.39, 0.29) is 6.54 Å². The number of nitrogens with one attached hydrogen (secondary N) is 2. The normalized spacial score (nSPS) is 10.9. The zero-order valence-electron chi connectivity index (χ0n) is 13.3. The number of hydrogen-bond donors (Lipinski definition) is 2. The van der Waals surface area contributed by atoms with Crippen LogP contribution in [0.4, 0.5) is 10.5 Å². The van der Waals surface area contributed by atoms with E-state index in [4.69, 9.17) is 9.26 Å². The molecule has 1 heterocycles. The third kappa shape index (κ3) is 5.14. The van der Waals surface area contributed by atoms with E-state index in [0.717, 1.165) is 5.56 Å². The summed E-state index contributed by atoms with van der Waals surface area (Å²) in [5.74, 6) is -0.406. The van der Waals surface area contributed by atoms with Crippen molar-refractivity contribution in [3.63, 3.8) is 0 Å². The van der Waals surface area contributed by atoms with Gasteiger partial charge < -0.3 is 19.9 Å². The zero-order chi connectivity index (χ0) is 16.9. The van der Waals surface area contributed by atoms with Gasteiger partial charge in [0.25, 0.3) is 0 Å². The number of ether oxygens (including phenoxy) is 1. The highest BCUT2D eigenvalue weighted by atomic mass is 16.6. The molecule has 0 saturated carbocycles. The van der Waals surface area contributed by atoms with Crippen molar-refractivity contribution in [2.45, 2.75) is 26.4 Å². The van der Waals surface area contributed by atoms with Crippen molar-refractivity contribution in [1.29, 1.82) is 0 Å². The average Bonchev–Trinajstić information content (AvgIpc) is 2.92. The number of amides is 2. The molecular formula is C16H19N3O4. The molecule has 0 atom stereocenters. The maximum atomic E-state index is 11.9. The predicted octanol–water partition coefficient (Wildman–Crippen LogP) is 2.80. The summed E-state index contributed by atoms with van der Waals surface area (Å²) in [6.07, 6.45) is 0.689. The van der Waals surface area contributed by atoms with Crippen LogP contribution in [0.15, 0.2) is 41.1 Å². The van der Waals surface area contributed by atoms with E-state index in [0.29, 0.717) is 11.4 Å². The van der Waals surface area contributed by atoms with Crippen molar-refractivity contribution in [2.75, 3.05) is 11.9 Å². The number of rotatable bonds is 4. The van der Waals surface area contributed by atoms with Crippen molar-refractivity contribution in [3.8, 4) is 11.3 Å². The Morgan fingerprint density at radius 3 is 2.57 bits per heavy atom. The minimum absolute atomic E-state index is 0.214. The molecule has 0 fully saturated rings. The summed E-state index contributed by atoms with van der Waals surface area (Å²) < 4.78 is 9.97. The first-order valence-electron chi connectivity index (χ1n) is 7.11. The molecule has 7 nitrogen and oxygen atoms in total. The number of anilines is 1. The van der Waals surface area contributed by atoms with Gasteiger partial charge >= 0.3 is 6.09 Å². The second-order valence-electron chi connectivity index (χ2n) is 5.85. The van der Waals surface area contributed by atoms with Crippen LogP contribution in [0.3, 0.4) is 0 Å². The van der Waals surface area contributed by atoms with Crippen LogP contribution in [0.1, 0.15) is 20.8 Å². The first kappa shape index (κ1) is 16.5. The first-order chi connectivity index (χ1) is 10.8. The van der Waals surface area contributed by atoms with Gasteiger partial charge in [0, 0.05) is 5.56 Å². The molecule has 0 unspecified atom stereocenters. The van der Waals surface area contributed by atoms with Gasteiger partial charge in [0.2, 0.25) is 5.91 Å². The quantitative estimate of drug-likeness (QED) is 0.904. The molecule has 0 spiro atoms. The Hall–Kier alpha value is -2.83. The van der Waals surface area contributed by atoms with Crippen LogP contribution in [0, 0.1) is 0 Å². The van der Waals surface area contributed by atoms with Gasteiger partial charge in [-0.2, -0.15) is 0 Å². The minimum Gasteiger partial charge on any atom is -0.444 e. The molecule has 2 rings (SSSR count). The lowest BCUT2D eigenvalue weighted by Gasteiger charge is -2.19. The van der Waals surface area contributed by atoms with Gasteiger partial charge in [-0.3, -0.25) is 4.79 Å². The second kappa shape index (κ2) is 6.95. The topological polar surface area (TPSA) is 93.5 Å². The van der Waals surface area contributed by atoms with Gasteiger partial charge in [0.05, 0.1) is 0 Å². The van der Waals surface area contributed by atoms with Crippen LogP contribution in [-0.4, -0.2) is 29.3 Å². The molecule has 0 aliphatic carbocycles. The number of carbonyl (C=O) groups is 2. The Bertz CT molecular complexity index is 674. The van der Waals surface area contributed by atoms with Crippen LogP contribution < -0.4 is 10.6 Å². The van der Waals surface area contributed by atoms with Gasteiger partial charge in [-0.25, -0.2) is 4.79 Å². The molecule has 1 aromatic heterocycles. The second-order valence-corrected chi connectivity index (χ2v) is 5.85. The van der Waals surface area contributed by atoms with E-state index in [9.17, 15) is 9.59 Å². The lowest BCUT2D eigenvalue weighted by atomic mass is 10.1. The van der Waals surface area contributed by atoms with Crippen molar-refractivity contribution in [3.05, 3.63) is 36.6 Å². The summed E-state index contributed by atoms with van der Waals surface area (Å²) in [5, 5.41) is 8.91. The molecule has 0 saturated heterocycles. The maximum absolute atomic E-state index is 11.9. The number of aromatic nitrogens is 1. The Kier molecular flexibility index (Phi) is 5.00. The number of carbonyl (C=O) groups excluding carboxylic acids is 2. The predicted molar refractivity (Wildman–Crippen MR) is 84.8 cm³/mol. The number of hydrogen-bond acceptors (Lipinski definition) is 5. The Morgan fingerprint density at radius 1 is 1.22 bits per heavy atom. The molecular weight excluding hydrogens is 298 g/mol. The van der Waals surface area contributed by atoms with E-state index in [1.54, 1.807) is 20.8 Å². The summed E-state index contributed by atoms with van der Waals surface area (Å²) in [6.45, 7) is 5.02. The smallest absolute Gasteiger partial charge is 0.408 e. The molecule has 2 aromatic rings. The van der Waals surface area contributed by atoms with E-state index in [2.05, 4.69) is 15.8 Å². The van der Waals surface area contributed by atoms with Crippen LogP contribution in [0.25, 0.3) is 11.3 Å². The van der Waals surface area contributed by atoms with E-state index >= 15 is 0 Å². The monoisotopic (exact) mass is 317 g/mol. The summed E-state index contributed by atoms with van der Waals surface area (Å²) in [5.41, 5.74) is 1.16. The van der Waals surface area contributed by atoms with Gasteiger partial charge in [0.15, 0.2) is 0 Å². The molecule has 0 radical (unpaired) electrons.